The number of aromatic nitrogens is 6. The number of carbonyl (C=O) groups excluding carboxylic acids is 3. The molecule has 0 unspecified atom stereocenters. The molecule has 9 N–H and O–H groups in total. The number of carbonyl (C=O) groups is 3. The van der Waals surface area contributed by atoms with Gasteiger partial charge in [-0.1, -0.05) is 0 Å². The van der Waals surface area contributed by atoms with E-state index in [1.165, 1.54) is 18.2 Å². The van der Waals surface area contributed by atoms with Gasteiger partial charge in [0.2, 0.25) is 17.8 Å². The Balaban J connectivity index is 1.50. The normalized spacial score (nSPS) is 10.6. The zero-order valence-corrected chi connectivity index (χ0v) is 23.7. The lowest BCUT2D eigenvalue weighted by Gasteiger charge is -2.23. The molecule has 3 rings (SSSR count). The molecule has 3 aromatic heterocycles. The van der Waals surface area contributed by atoms with Crippen molar-refractivity contribution in [3.05, 3.63) is 66.3 Å². The van der Waals surface area contributed by atoms with Crippen LogP contribution in [0.4, 0.5) is 32.2 Å². The molecular weight excluding hydrogens is 566 g/mol. The molecule has 230 valence electrons. The number of rotatable bonds is 12. The fourth-order valence-corrected chi connectivity index (χ4v) is 3.69. The standard InChI is InChI=1S/C24H33N13O6/c1-13-10-16(38)31-19(28-13)34-22(41)25-4-7-37(8-5-26-23(42)35-20-29-14(2)11-17(39)32-20)9-6-27-24(43)36-21-30-15(3)12-18(40)33-21/h10-12H,4-9H2,1-3H3,(H3,25,28,31,34,38,41)(H3,26,29,32,35,39,42)(H3,27,30,33,36,40,43). The molecule has 0 aliphatic rings. The van der Waals surface area contributed by atoms with Crippen LogP contribution in [0.25, 0.3) is 0 Å². The van der Waals surface area contributed by atoms with Crippen LogP contribution >= 0.6 is 0 Å². The number of hydrogen-bond donors (Lipinski definition) is 9. The number of aromatic amines is 3. The first kappa shape index (κ1) is 31.9. The maximum absolute atomic E-state index is 12.3. The summed E-state index contributed by atoms with van der Waals surface area (Å²) in [6, 6.07) is 2.08. The third-order valence-corrected chi connectivity index (χ3v) is 5.45. The van der Waals surface area contributed by atoms with Crippen LogP contribution in [0, 0.1) is 20.8 Å². The summed E-state index contributed by atoms with van der Waals surface area (Å²) >= 11 is 0. The topological polar surface area (TPSA) is 264 Å². The highest BCUT2D eigenvalue weighted by Crippen LogP contribution is 1.98. The lowest BCUT2D eigenvalue weighted by Crippen LogP contribution is -2.44. The second kappa shape index (κ2) is 15.4. The average molecular weight is 600 g/mol. The summed E-state index contributed by atoms with van der Waals surface area (Å²) < 4.78 is 0. The van der Waals surface area contributed by atoms with Crippen LogP contribution in [0.3, 0.4) is 0 Å². The zero-order chi connectivity index (χ0) is 31.4. The minimum atomic E-state index is -0.594. The Labute approximate surface area is 243 Å². The number of nitrogens with zero attached hydrogens (tertiary/aromatic N) is 4. The fraction of sp³-hybridized carbons (Fsp3) is 0.375. The van der Waals surface area contributed by atoms with Crippen LogP contribution < -0.4 is 48.6 Å². The molecule has 0 saturated carbocycles. The van der Waals surface area contributed by atoms with Crippen LogP contribution in [0.5, 0.6) is 0 Å². The Morgan fingerprint density at radius 1 is 0.581 bits per heavy atom. The Hall–Kier alpha value is -5.59. The molecule has 19 heteroatoms. The first-order valence-corrected chi connectivity index (χ1v) is 13.1. The van der Waals surface area contributed by atoms with Crippen molar-refractivity contribution in [1.29, 1.82) is 0 Å². The average Bonchev–Trinajstić information content (AvgIpc) is 2.86. The van der Waals surface area contributed by atoms with Gasteiger partial charge in [-0.2, -0.15) is 0 Å². The van der Waals surface area contributed by atoms with Crippen molar-refractivity contribution >= 4 is 35.9 Å². The number of amides is 6. The summed E-state index contributed by atoms with van der Waals surface area (Å²) in [5, 5.41) is 15.3. The van der Waals surface area contributed by atoms with Gasteiger partial charge >= 0.3 is 18.1 Å². The maximum Gasteiger partial charge on any atom is 0.321 e. The Kier molecular flexibility index (Phi) is 11.5. The number of anilines is 3. The Morgan fingerprint density at radius 2 is 0.860 bits per heavy atom. The largest absolute Gasteiger partial charge is 0.337 e. The molecule has 6 amide bonds. The molecule has 0 atom stereocenters. The quantitative estimate of drug-likeness (QED) is 0.122. The molecule has 0 fully saturated rings. The molecule has 3 heterocycles. The van der Waals surface area contributed by atoms with E-state index in [0.29, 0.717) is 36.7 Å². The molecule has 0 bridgehead atoms. The Bertz CT molecular complexity index is 1430. The smallest absolute Gasteiger partial charge is 0.321 e. The van der Waals surface area contributed by atoms with E-state index < -0.39 is 34.8 Å². The third-order valence-electron chi connectivity index (χ3n) is 5.45. The predicted octanol–water partition coefficient (Wildman–Crippen LogP) is -1.07. The summed E-state index contributed by atoms with van der Waals surface area (Å²) in [6.45, 7) is 6.31. The number of aryl methyl sites for hydroxylation is 3. The molecule has 19 nitrogen and oxygen atoms in total. The van der Waals surface area contributed by atoms with Gasteiger partial charge in [0.05, 0.1) is 0 Å². The van der Waals surface area contributed by atoms with Crippen molar-refractivity contribution in [3.63, 3.8) is 0 Å². The van der Waals surface area contributed by atoms with Crippen LogP contribution in [0.1, 0.15) is 17.1 Å². The molecule has 0 radical (unpaired) electrons. The lowest BCUT2D eigenvalue weighted by atomic mass is 10.4. The second-order valence-corrected chi connectivity index (χ2v) is 9.19. The van der Waals surface area contributed by atoms with Crippen LogP contribution in [0.2, 0.25) is 0 Å². The van der Waals surface area contributed by atoms with Gasteiger partial charge in [-0.3, -0.25) is 50.2 Å². The van der Waals surface area contributed by atoms with Crippen molar-refractivity contribution in [3.8, 4) is 0 Å². The van der Waals surface area contributed by atoms with E-state index >= 15 is 0 Å². The molecule has 0 aliphatic carbocycles. The van der Waals surface area contributed by atoms with Gasteiger partial charge < -0.3 is 16.0 Å². The van der Waals surface area contributed by atoms with Gasteiger partial charge in [-0.05, 0) is 20.8 Å². The summed E-state index contributed by atoms with van der Waals surface area (Å²) in [5.41, 5.74) is 0.0931. The van der Waals surface area contributed by atoms with E-state index in [-0.39, 0.29) is 37.5 Å². The Morgan fingerprint density at radius 3 is 1.12 bits per heavy atom. The highest BCUT2D eigenvalue weighted by Gasteiger charge is 2.11. The molecule has 0 aromatic carbocycles. The van der Waals surface area contributed by atoms with E-state index in [9.17, 15) is 28.8 Å². The van der Waals surface area contributed by atoms with E-state index in [4.69, 9.17) is 0 Å². The highest BCUT2D eigenvalue weighted by atomic mass is 16.2. The first-order chi connectivity index (χ1) is 20.4. The number of hydrogen-bond acceptors (Lipinski definition) is 10. The van der Waals surface area contributed by atoms with Crippen LogP contribution in [-0.4, -0.2) is 92.2 Å². The van der Waals surface area contributed by atoms with Gasteiger partial charge in [0.15, 0.2) is 0 Å². The number of urea groups is 3. The minimum Gasteiger partial charge on any atom is -0.337 e. The number of nitrogens with one attached hydrogen (secondary N) is 9. The number of H-pyrrole nitrogens is 3. The lowest BCUT2D eigenvalue weighted by molar-refractivity contribution is 0.238. The van der Waals surface area contributed by atoms with Crippen molar-refractivity contribution in [2.24, 2.45) is 0 Å². The van der Waals surface area contributed by atoms with Gasteiger partial charge in [0, 0.05) is 74.5 Å². The summed E-state index contributed by atoms with van der Waals surface area (Å²) in [4.78, 5) is 92.7. The summed E-state index contributed by atoms with van der Waals surface area (Å²) in [6.07, 6.45) is 0. The van der Waals surface area contributed by atoms with E-state index in [1.54, 1.807) is 20.8 Å². The van der Waals surface area contributed by atoms with Crippen molar-refractivity contribution in [2.45, 2.75) is 20.8 Å². The van der Waals surface area contributed by atoms with Crippen LogP contribution in [-0.2, 0) is 0 Å². The first-order valence-electron chi connectivity index (χ1n) is 13.1. The van der Waals surface area contributed by atoms with E-state index in [2.05, 4.69) is 61.8 Å². The molecule has 0 saturated heterocycles. The molecule has 0 spiro atoms. The summed E-state index contributed by atoms with van der Waals surface area (Å²) in [7, 11) is 0. The van der Waals surface area contributed by atoms with Gasteiger partial charge in [0.1, 0.15) is 0 Å². The highest BCUT2D eigenvalue weighted by molar-refractivity contribution is 5.88. The maximum atomic E-state index is 12.3. The van der Waals surface area contributed by atoms with Gasteiger partial charge in [-0.15, -0.1) is 0 Å². The monoisotopic (exact) mass is 599 g/mol. The molecular formula is C24H33N13O6. The molecule has 0 aliphatic heterocycles. The van der Waals surface area contributed by atoms with Crippen molar-refractivity contribution in [1.82, 2.24) is 50.8 Å². The van der Waals surface area contributed by atoms with Crippen molar-refractivity contribution in [2.75, 3.05) is 55.2 Å². The fourth-order valence-electron chi connectivity index (χ4n) is 3.69. The van der Waals surface area contributed by atoms with E-state index in [0.717, 1.165) is 0 Å². The minimum absolute atomic E-state index is 0.00123. The van der Waals surface area contributed by atoms with Crippen molar-refractivity contribution < 1.29 is 14.4 Å². The molecule has 3 aromatic rings. The molecule has 43 heavy (non-hydrogen) atoms. The van der Waals surface area contributed by atoms with Crippen LogP contribution in [0.15, 0.2) is 32.6 Å². The van der Waals surface area contributed by atoms with Gasteiger partial charge in [-0.25, -0.2) is 29.3 Å². The second-order valence-electron chi connectivity index (χ2n) is 9.19. The predicted molar refractivity (Wildman–Crippen MR) is 156 cm³/mol. The van der Waals surface area contributed by atoms with Gasteiger partial charge in [0.25, 0.3) is 16.7 Å². The van der Waals surface area contributed by atoms with E-state index in [1.807, 2.05) is 4.90 Å². The zero-order valence-electron chi connectivity index (χ0n) is 23.7. The third kappa shape index (κ3) is 11.8. The SMILES string of the molecule is Cc1cc(=O)[nH]c(NC(=O)NCCN(CCNC(=O)Nc2nc(C)cc(=O)[nH]2)CCNC(=O)Nc2nc(C)cc(=O)[nH]2)n1. The summed E-state index contributed by atoms with van der Waals surface area (Å²) in [5.74, 6) is -0.00369.